The summed E-state index contributed by atoms with van der Waals surface area (Å²) in [6.07, 6.45) is 1.48. The Hall–Kier alpha value is -2.13. The Labute approximate surface area is 152 Å². The van der Waals surface area contributed by atoms with Crippen molar-refractivity contribution < 1.29 is 27.5 Å². The Morgan fingerprint density at radius 2 is 2.12 bits per heavy atom. The zero-order chi connectivity index (χ0) is 19.1. The number of hydrogen-bond donors (Lipinski definition) is 1. The lowest BCUT2D eigenvalue weighted by atomic mass is 9.96. The van der Waals surface area contributed by atoms with E-state index in [4.69, 9.17) is 9.47 Å². The van der Waals surface area contributed by atoms with Crippen LogP contribution in [0.1, 0.15) is 48.5 Å². The molecule has 1 aromatic rings. The predicted molar refractivity (Wildman–Crippen MR) is 92.4 cm³/mol. The second-order valence-electron chi connectivity index (χ2n) is 6.64. The number of carbonyl (C=O) groups excluding carboxylic acids is 2. The van der Waals surface area contributed by atoms with Crippen LogP contribution in [0.5, 0.6) is 5.75 Å². The molecule has 3 rings (SSSR count). The Bertz CT molecular complexity index is 843. The summed E-state index contributed by atoms with van der Waals surface area (Å²) in [6, 6.07) is 2.54. The van der Waals surface area contributed by atoms with E-state index in [1.54, 1.807) is 6.07 Å². The number of carbonyl (C=O) groups is 2. The van der Waals surface area contributed by atoms with E-state index < -0.39 is 34.7 Å². The molecule has 1 saturated heterocycles. The lowest BCUT2D eigenvalue weighted by Crippen LogP contribution is -2.38. The van der Waals surface area contributed by atoms with Crippen molar-refractivity contribution in [2.24, 2.45) is 0 Å². The summed E-state index contributed by atoms with van der Waals surface area (Å²) in [5.74, 6) is -0.956. The summed E-state index contributed by atoms with van der Waals surface area (Å²) >= 11 is 0. The van der Waals surface area contributed by atoms with Crippen LogP contribution >= 0.6 is 0 Å². The number of sulfonamides is 1. The molecular weight excluding hydrogens is 360 g/mol. The molecular formula is C17H22N2O6S. The molecule has 26 heavy (non-hydrogen) atoms. The average molecular weight is 382 g/mol. The molecule has 1 aromatic carbocycles. The van der Waals surface area contributed by atoms with E-state index in [1.165, 1.54) is 13.2 Å². The van der Waals surface area contributed by atoms with E-state index in [2.05, 4.69) is 5.32 Å². The Morgan fingerprint density at radius 1 is 1.38 bits per heavy atom. The number of methoxy groups -OCH3 is 1. The van der Waals surface area contributed by atoms with Crippen LogP contribution in [-0.4, -0.2) is 51.0 Å². The first-order chi connectivity index (χ1) is 12.3. The molecule has 1 amide bonds. The zero-order valence-electron chi connectivity index (χ0n) is 14.9. The molecule has 9 heteroatoms. The zero-order valence-corrected chi connectivity index (χ0v) is 15.8. The van der Waals surface area contributed by atoms with Crippen molar-refractivity contribution in [1.82, 2.24) is 9.62 Å². The minimum Gasteiger partial charge on any atom is -0.497 e. The fourth-order valence-corrected chi connectivity index (χ4v) is 4.67. The molecule has 0 bridgehead atoms. The molecule has 1 N–H and O–H groups in total. The largest absolute Gasteiger partial charge is 0.497 e. The van der Waals surface area contributed by atoms with E-state index in [0.717, 1.165) is 6.42 Å². The van der Waals surface area contributed by atoms with Crippen molar-refractivity contribution in [1.29, 1.82) is 0 Å². The number of nitrogens with zero attached hydrogens (tertiary/aromatic N) is 1. The number of amides is 1. The van der Waals surface area contributed by atoms with Crippen molar-refractivity contribution in [3.63, 3.8) is 0 Å². The summed E-state index contributed by atoms with van der Waals surface area (Å²) in [7, 11) is -2.66. The normalized spacial score (nSPS) is 21.2. The third-order valence-electron chi connectivity index (χ3n) is 4.64. The molecule has 2 aliphatic rings. The van der Waals surface area contributed by atoms with E-state index in [9.17, 15) is 18.0 Å². The van der Waals surface area contributed by atoms with Gasteiger partial charge in [-0.1, -0.05) is 13.8 Å². The molecule has 0 aromatic heterocycles. The van der Waals surface area contributed by atoms with Gasteiger partial charge in [0.15, 0.2) is 6.73 Å². The minimum atomic E-state index is -4.10. The average Bonchev–Trinajstić information content (AvgIpc) is 3.19. The predicted octanol–water partition coefficient (Wildman–Crippen LogP) is 1.22. The van der Waals surface area contributed by atoms with Crippen LogP contribution in [-0.2, 0) is 19.6 Å². The summed E-state index contributed by atoms with van der Waals surface area (Å²) in [5.41, 5.74) is 0.704. The standard InChI is InChI=1S/C17H22N2O6S/c1-10(2)12-7-11(24-3)8-14-15(12)16(20)19(26(14,22)23)9-25-17(21)13-5-4-6-18-13/h7-8,10,13,18H,4-6,9H2,1-3H3. The Balaban J connectivity index is 1.91. The maximum absolute atomic E-state index is 12.8. The third kappa shape index (κ3) is 3.05. The van der Waals surface area contributed by atoms with Crippen LogP contribution in [0.15, 0.2) is 17.0 Å². The lowest BCUT2D eigenvalue weighted by Gasteiger charge is -2.17. The summed E-state index contributed by atoms with van der Waals surface area (Å²) in [6.45, 7) is 3.81. The summed E-state index contributed by atoms with van der Waals surface area (Å²) < 4.78 is 36.5. The number of nitrogens with one attached hydrogen (secondary N) is 1. The van der Waals surface area contributed by atoms with Gasteiger partial charge in [-0.2, -0.15) is 4.31 Å². The molecule has 0 aliphatic carbocycles. The Morgan fingerprint density at radius 3 is 2.69 bits per heavy atom. The highest BCUT2D eigenvalue weighted by Crippen LogP contribution is 2.38. The lowest BCUT2D eigenvalue weighted by molar-refractivity contribution is -0.147. The van der Waals surface area contributed by atoms with E-state index in [1.807, 2.05) is 13.8 Å². The quantitative estimate of drug-likeness (QED) is 0.764. The van der Waals surface area contributed by atoms with Gasteiger partial charge in [-0.15, -0.1) is 0 Å². The topological polar surface area (TPSA) is 102 Å². The van der Waals surface area contributed by atoms with Gasteiger partial charge in [0.05, 0.1) is 12.7 Å². The molecule has 0 saturated carbocycles. The van der Waals surface area contributed by atoms with Crippen LogP contribution < -0.4 is 10.1 Å². The molecule has 0 radical (unpaired) electrons. The van der Waals surface area contributed by atoms with Gasteiger partial charge in [0.1, 0.15) is 16.7 Å². The number of fused-ring (bicyclic) bond motifs is 1. The number of benzene rings is 1. The van der Waals surface area contributed by atoms with Crippen LogP contribution in [0, 0.1) is 0 Å². The molecule has 2 heterocycles. The first-order valence-corrected chi connectivity index (χ1v) is 9.90. The minimum absolute atomic E-state index is 0.0804. The fourth-order valence-electron chi connectivity index (χ4n) is 3.21. The van der Waals surface area contributed by atoms with Gasteiger partial charge in [0.25, 0.3) is 15.9 Å². The van der Waals surface area contributed by atoms with Gasteiger partial charge >= 0.3 is 5.97 Å². The van der Waals surface area contributed by atoms with E-state index >= 15 is 0 Å². The monoisotopic (exact) mass is 382 g/mol. The van der Waals surface area contributed by atoms with Crippen molar-refractivity contribution in [2.45, 2.75) is 43.5 Å². The summed E-state index contributed by atoms with van der Waals surface area (Å²) in [4.78, 5) is 24.7. The first-order valence-electron chi connectivity index (χ1n) is 8.46. The smallest absolute Gasteiger partial charge is 0.324 e. The fraction of sp³-hybridized carbons (Fsp3) is 0.529. The molecule has 0 spiro atoms. The van der Waals surface area contributed by atoms with Gasteiger partial charge in [-0.05, 0) is 36.9 Å². The molecule has 2 aliphatic heterocycles. The Kier molecular flexibility index (Phi) is 4.94. The van der Waals surface area contributed by atoms with Gasteiger partial charge in [-0.25, -0.2) is 8.42 Å². The van der Waals surface area contributed by atoms with Crippen molar-refractivity contribution in [2.75, 3.05) is 20.4 Å². The van der Waals surface area contributed by atoms with Crippen LogP contribution in [0.25, 0.3) is 0 Å². The second-order valence-corrected chi connectivity index (χ2v) is 8.48. The summed E-state index contributed by atoms with van der Waals surface area (Å²) in [5, 5.41) is 2.98. The van der Waals surface area contributed by atoms with Crippen LogP contribution in [0.2, 0.25) is 0 Å². The van der Waals surface area contributed by atoms with Gasteiger partial charge < -0.3 is 14.8 Å². The molecule has 1 unspecified atom stereocenters. The third-order valence-corrected chi connectivity index (χ3v) is 6.37. The molecule has 8 nitrogen and oxygen atoms in total. The van der Waals surface area contributed by atoms with Crippen LogP contribution in [0.3, 0.4) is 0 Å². The second kappa shape index (κ2) is 6.88. The molecule has 1 fully saturated rings. The number of rotatable bonds is 5. The van der Waals surface area contributed by atoms with Crippen molar-refractivity contribution in [3.8, 4) is 5.75 Å². The number of ether oxygens (including phenoxy) is 2. The van der Waals surface area contributed by atoms with Gasteiger partial charge in [0.2, 0.25) is 0 Å². The maximum atomic E-state index is 12.8. The van der Waals surface area contributed by atoms with E-state index in [0.29, 0.717) is 28.6 Å². The highest BCUT2D eigenvalue weighted by atomic mass is 32.2. The highest BCUT2D eigenvalue weighted by molar-refractivity contribution is 7.90. The van der Waals surface area contributed by atoms with Gasteiger partial charge in [-0.3, -0.25) is 9.59 Å². The van der Waals surface area contributed by atoms with Crippen molar-refractivity contribution >= 4 is 21.9 Å². The van der Waals surface area contributed by atoms with Crippen LogP contribution in [0.4, 0.5) is 0 Å². The van der Waals surface area contributed by atoms with Crippen molar-refractivity contribution in [3.05, 3.63) is 23.3 Å². The molecule has 142 valence electrons. The number of esters is 1. The number of hydrogen-bond acceptors (Lipinski definition) is 7. The molecule has 1 atom stereocenters. The first kappa shape index (κ1) is 18.7. The van der Waals surface area contributed by atoms with E-state index in [-0.39, 0.29) is 16.4 Å². The highest BCUT2D eigenvalue weighted by Gasteiger charge is 2.44. The maximum Gasteiger partial charge on any atom is 0.324 e. The van der Waals surface area contributed by atoms with Gasteiger partial charge in [0, 0.05) is 6.07 Å². The SMILES string of the molecule is COc1cc(C(C)C)c2c(c1)S(=O)(=O)N(COC(=O)C1CCCN1)C2=O.